The molecular weight excluding hydrogens is 420 g/mol. The van der Waals surface area contributed by atoms with E-state index in [9.17, 15) is 13.2 Å². The topological polar surface area (TPSA) is 93.9 Å². The summed E-state index contributed by atoms with van der Waals surface area (Å²) in [7, 11) is -3.37. The van der Waals surface area contributed by atoms with E-state index in [1.54, 1.807) is 30.6 Å². The molecule has 1 aromatic heterocycles. The summed E-state index contributed by atoms with van der Waals surface area (Å²) in [6, 6.07) is 6.76. The van der Waals surface area contributed by atoms with Gasteiger partial charge in [-0.25, -0.2) is 8.42 Å². The van der Waals surface area contributed by atoms with Crippen molar-refractivity contribution in [3.8, 4) is 0 Å². The van der Waals surface area contributed by atoms with Gasteiger partial charge in [0.25, 0.3) is 0 Å². The minimum Gasteiger partial charge on any atom is -0.356 e. The van der Waals surface area contributed by atoms with Crippen molar-refractivity contribution in [1.29, 1.82) is 0 Å². The van der Waals surface area contributed by atoms with E-state index in [0.717, 1.165) is 10.3 Å². The molecule has 7 nitrogen and oxygen atoms in total. The summed E-state index contributed by atoms with van der Waals surface area (Å²) < 4.78 is 27.2. The fraction of sp³-hybridized carbons (Fsp3) is 0.471. The van der Waals surface area contributed by atoms with Crippen molar-refractivity contribution in [2.75, 3.05) is 12.3 Å². The van der Waals surface area contributed by atoms with Crippen molar-refractivity contribution in [2.24, 2.45) is 0 Å². The lowest BCUT2D eigenvalue weighted by Crippen LogP contribution is -2.27. The van der Waals surface area contributed by atoms with E-state index in [4.69, 9.17) is 0 Å². The number of hydrogen-bond donors (Lipinski definition) is 1. The Kier molecular flexibility index (Phi) is 7.33. The molecule has 0 aliphatic heterocycles. The fourth-order valence-electron chi connectivity index (χ4n) is 2.46. The Morgan fingerprint density at radius 2 is 1.96 bits per heavy atom. The summed E-state index contributed by atoms with van der Waals surface area (Å²) in [4.78, 5) is 12.2. The molecule has 0 aliphatic rings. The van der Waals surface area contributed by atoms with Gasteiger partial charge in [0, 0.05) is 29.9 Å². The fourth-order valence-corrected chi connectivity index (χ4v) is 4.04. The first-order chi connectivity index (χ1) is 12.3. The van der Waals surface area contributed by atoms with Crippen LogP contribution >= 0.6 is 15.9 Å². The number of hydrogen-bond acceptors (Lipinski definition) is 5. The normalized spacial score (nSPS) is 11.7. The summed E-state index contributed by atoms with van der Waals surface area (Å²) in [5.74, 6) is 0.605. The van der Waals surface area contributed by atoms with Gasteiger partial charge in [-0.15, -0.1) is 10.2 Å². The van der Waals surface area contributed by atoms with Crippen LogP contribution in [0.3, 0.4) is 0 Å². The van der Waals surface area contributed by atoms with Crippen LogP contribution in [0.1, 0.15) is 38.6 Å². The van der Waals surface area contributed by atoms with Crippen LogP contribution in [0.5, 0.6) is 0 Å². The monoisotopic (exact) mass is 442 g/mol. The number of sulfone groups is 1. The molecule has 0 spiro atoms. The zero-order valence-corrected chi connectivity index (χ0v) is 17.3. The maximum atomic E-state index is 12.2. The van der Waals surface area contributed by atoms with E-state index >= 15 is 0 Å². The van der Waals surface area contributed by atoms with Crippen molar-refractivity contribution in [2.45, 2.75) is 44.0 Å². The van der Waals surface area contributed by atoms with E-state index in [1.165, 1.54) is 0 Å². The van der Waals surface area contributed by atoms with E-state index < -0.39 is 9.84 Å². The van der Waals surface area contributed by atoms with E-state index in [-0.39, 0.29) is 35.4 Å². The van der Waals surface area contributed by atoms with E-state index in [1.807, 2.05) is 18.4 Å². The van der Waals surface area contributed by atoms with Gasteiger partial charge in [-0.05, 0) is 44.5 Å². The minimum absolute atomic E-state index is 0.0519. The van der Waals surface area contributed by atoms with Gasteiger partial charge >= 0.3 is 0 Å². The first-order valence-electron chi connectivity index (χ1n) is 8.43. The van der Waals surface area contributed by atoms with Gasteiger partial charge in [0.15, 0.2) is 9.84 Å². The maximum Gasteiger partial charge on any atom is 0.220 e. The highest BCUT2D eigenvalue weighted by Crippen LogP contribution is 2.16. The molecule has 0 saturated carbocycles. The van der Waals surface area contributed by atoms with Crippen molar-refractivity contribution in [3.63, 3.8) is 0 Å². The molecule has 1 amide bonds. The number of rotatable bonds is 9. The average Bonchev–Trinajstić information content (AvgIpc) is 3.04. The summed E-state index contributed by atoms with van der Waals surface area (Å²) in [6.07, 6.45) is 2.72. The Bertz CT molecular complexity index is 832. The number of nitrogens with one attached hydrogen (secondary N) is 1. The van der Waals surface area contributed by atoms with Crippen LogP contribution in [0, 0.1) is 0 Å². The number of halogens is 1. The second kappa shape index (κ2) is 9.27. The maximum absolute atomic E-state index is 12.2. The molecule has 0 radical (unpaired) electrons. The first-order valence-corrected chi connectivity index (χ1v) is 10.9. The van der Waals surface area contributed by atoms with Crippen molar-refractivity contribution in [3.05, 3.63) is 40.9 Å². The molecular formula is C17H23BrN4O3S. The Labute approximate surface area is 162 Å². The Hall–Kier alpha value is -1.74. The molecule has 1 heterocycles. The second-order valence-electron chi connectivity index (χ2n) is 6.22. The Morgan fingerprint density at radius 1 is 1.27 bits per heavy atom. The molecule has 1 aromatic carbocycles. The highest BCUT2D eigenvalue weighted by atomic mass is 79.9. The van der Waals surface area contributed by atoms with Crippen LogP contribution in [-0.2, 0) is 21.1 Å². The molecule has 9 heteroatoms. The van der Waals surface area contributed by atoms with Crippen LogP contribution in [0.15, 0.2) is 40.0 Å². The number of nitrogens with zero attached hydrogens (tertiary/aromatic N) is 3. The molecule has 2 aromatic rings. The third kappa shape index (κ3) is 5.91. The molecule has 0 fully saturated rings. The lowest BCUT2D eigenvalue weighted by atomic mass is 10.3. The van der Waals surface area contributed by atoms with Crippen LogP contribution in [-0.4, -0.2) is 41.4 Å². The van der Waals surface area contributed by atoms with Crippen LogP contribution < -0.4 is 5.32 Å². The third-order valence-corrected chi connectivity index (χ3v) is 6.21. The molecule has 26 heavy (non-hydrogen) atoms. The predicted molar refractivity (Wildman–Crippen MR) is 103 cm³/mol. The molecule has 0 unspecified atom stereocenters. The van der Waals surface area contributed by atoms with Crippen LogP contribution in [0.25, 0.3) is 0 Å². The molecule has 1 N–H and O–H groups in total. The summed E-state index contributed by atoms with van der Waals surface area (Å²) in [6.45, 7) is 4.53. The van der Waals surface area contributed by atoms with Gasteiger partial charge in [0.1, 0.15) is 12.2 Å². The van der Waals surface area contributed by atoms with E-state index in [0.29, 0.717) is 13.0 Å². The van der Waals surface area contributed by atoms with Gasteiger partial charge in [-0.3, -0.25) is 4.79 Å². The molecule has 2 rings (SSSR count). The van der Waals surface area contributed by atoms with Gasteiger partial charge in [0.2, 0.25) is 5.91 Å². The van der Waals surface area contributed by atoms with Gasteiger partial charge in [0.05, 0.1) is 10.6 Å². The average molecular weight is 443 g/mol. The summed E-state index contributed by atoms with van der Waals surface area (Å²) in [5, 5.41) is 10.7. The molecule has 0 aliphatic carbocycles. The minimum atomic E-state index is -3.37. The van der Waals surface area contributed by atoms with Crippen LogP contribution in [0.4, 0.5) is 0 Å². The largest absolute Gasteiger partial charge is 0.356 e. The summed E-state index contributed by atoms with van der Waals surface area (Å²) in [5.41, 5.74) is 0. The Morgan fingerprint density at radius 3 is 2.62 bits per heavy atom. The van der Waals surface area contributed by atoms with Gasteiger partial charge < -0.3 is 9.88 Å². The van der Waals surface area contributed by atoms with Gasteiger partial charge in [-0.1, -0.05) is 15.9 Å². The lowest BCUT2D eigenvalue weighted by molar-refractivity contribution is -0.121. The molecule has 142 valence electrons. The zero-order valence-electron chi connectivity index (χ0n) is 14.9. The quantitative estimate of drug-likeness (QED) is 0.643. The SMILES string of the molecule is CC(C)n1cnnc1CCNC(=O)CCCS(=O)(=O)c1ccc(Br)cc1. The number of carbonyl (C=O) groups excluding carboxylic acids is 1. The standard InChI is InChI=1S/C17H23BrN4O3S/c1-13(2)22-12-20-21-16(22)9-10-19-17(23)4-3-11-26(24,25)15-7-5-14(18)6-8-15/h5-8,12-13H,3-4,9-11H2,1-2H3,(H,19,23). The highest BCUT2D eigenvalue weighted by Gasteiger charge is 2.15. The zero-order chi connectivity index (χ0) is 19.2. The van der Waals surface area contributed by atoms with Crippen LogP contribution in [0.2, 0.25) is 0 Å². The highest BCUT2D eigenvalue weighted by molar-refractivity contribution is 9.10. The molecule has 0 saturated heterocycles. The van der Waals surface area contributed by atoms with Crippen molar-refractivity contribution < 1.29 is 13.2 Å². The second-order valence-corrected chi connectivity index (χ2v) is 9.25. The van der Waals surface area contributed by atoms with Gasteiger partial charge in [-0.2, -0.15) is 0 Å². The van der Waals surface area contributed by atoms with Crippen molar-refractivity contribution >= 4 is 31.7 Å². The molecule has 0 bridgehead atoms. The van der Waals surface area contributed by atoms with E-state index in [2.05, 4.69) is 31.4 Å². The predicted octanol–water partition coefficient (Wildman–Crippen LogP) is 2.53. The summed E-state index contributed by atoms with van der Waals surface area (Å²) >= 11 is 3.28. The third-order valence-electron chi connectivity index (χ3n) is 3.86. The number of benzene rings is 1. The number of carbonyl (C=O) groups is 1. The number of aromatic nitrogens is 3. The Balaban J connectivity index is 1.73. The lowest BCUT2D eigenvalue weighted by Gasteiger charge is -2.10. The molecule has 0 atom stereocenters. The van der Waals surface area contributed by atoms with Crippen molar-refractivity contribution in [1.82, 2.24) is 20.1 Å². The number of amides is 1. The smallest absolute Gasteiger partial charge is 0.220 e. The first kappa shape index (κ1) is 20.6.